The van der Waals surface area contributed by atoms with Gasteiger partial charge in [0.15, 0.2) is 0 Å². The number of amides is 1. The summed E-state index contributed by atoms with van der Waals surface area (Å²) in [6.07, 6.45) is 0. The second-order valence-corrected chi connectivity index (χ2v) is 9.05. The molecule has 4 rings (SSSR count). The maximum Gasteiger partial charge on any atom is 0.253 e. The van der Waals surface area contributed by atoms with Gasteiger partial charge in [0.25, 0.3) is 5.91 Å². The summed E-state index contributed by atoms with van der Waals surface area (Å²) in [6, 6.07) is 24.2. The molecule has 1 saturated heterocycles. The number of carbonyl (C=O) groups is 1. The first kappa shape index (κ1) is 21.4. The summed E-state index contributed by atoms with van der Waals surface area (Å²) in [5.74, 6) is -0.00637. The van der Waals surface area contributed by atoms with E-state index >= 15 is 0 Å². The first-order valence-electron chi connectivity index (χ1n) is 9.82. The first-order chi connectivity index (χ1) is 14.5. The van der Waals surface area contributed by atoms with Crippen LogP contribution in [-0.2, 0) is 0 Å². The van der Waals surface area contributed by atoms with Crippen LogP contribution in [0.4, 0.5) is 0 Å². The highest BCUT2D eigenvalue weighted by Gasteiger charge is 2.28. The Bertz CT molecular complexity index is 1020. The fourth-order valence-electron chi connectivity index (χ4n) is 3.89. The van der Waals surface area contributed by atoms with Gasteiger partial charge in [0.2, 0.25) is 0 Å². The van der Waals surface area contributed by atoms with Crippen LogP contribution in [-0.4, -0.2) is 41.9 Å². The van der Waals surface area contributed by atoms with Crippen LogP contribution >= 0.6 is 39.1 Å². The van der Waals surface area contributed by atoms with E-state index in [4.69, 9.17) is 23.2 Å². The molecule has 0 bridgehead atoms. The number of piperazine rings is 1. The van der Waals surface area contributed by atoms with Crippen LogP contribution in [0.1, 0.15) is 27.5 Å². The van der Waals surface area contributed by atoms with Gasteiger partial charge in [-0.1, -0.05) is 81.6 Å². The van der Waals surface area contributed by atoms with Crippen molar-refractivity contribution in [3.05, 3.63) is 104 Å². The Morgan fingerprint density at radius 3 is 2.07 bits per heavy atom. The molecule has 0 aromatic heterocycles. The normalized spacial score (nSPS) is 15.8. The van der Waals surface area contributed by atoms with Gasteiger partial charge in [-0.15, -0.1) is 0 Å². The van der Waals surface area contributed by atoms with Crippen LogP contribution in [0.5, 0.6) is 0 Å². The minimum Gasteiger partial charge on any atom is -0.336 e. The van der Waals surface area contributed by atoms with E-state index < -0.39 is 0 Å². The van der Waals surface area contributed by atoms with E-state index in [0.29, 0.717) is 28.7 Å². The summed E-state index contributed by atoms with van der Waals surface area (Å²) in [7, 11) is 0. The topological polar surface area (TPSA) is 23.6 Å². The molecule has 30 heavy (non-hydrogen) atoms. The van der Waals surface area contributed by atoms with Crippen molar-refractivity contribution in [3.8, 4) is 0 Å². The standard InChI is InChI=1S/C24H21BrCl2N2O/c25-20-9-6-18(7-10-20)23(17-4-2-1-3-5-17)28-12-14-29(15-13-28)24(30)19-8-11-21(26)22(27)16-19/h1-11,16,23H,12-15H2. The number of carbonyl (C=O) groups excluding carboxylic acids is 1. The fourth-order valence-corrected chi connectivity index (χ4v) is 4.45. The SMILES string of the molecule is O=C(c1ccc(Cl)c(Cl)c1)N1CCN(C(c2ccccc2)c2ccc(Br)cc2)CC1. The Kier molecular flexibility index (Phi) is 6.79. The highest BCUT2D eigenvalue weighted by molar-refractivity contribution is 9.10. The average Bonchev–Trinajstić information content (AvgIpc) is 2.78. The summed E-state index contributed by atoms with van der Waals surface area (Å²) in [5, 5.41) is 0.860. The first-order valence-corrected chi connectivity index (χ1v) is 11.4. The molecular weight excluding hydrogens is 483 g/mol. The minimum absolute atomic E-state index is 0.00637. The number of hydrogen-bond donors (Lipinski definition) is 0. The summed E-state index contributed by atoms with van der Waals surface area (Å²) in [5.41, 5.74) is 3.07. The lowest BCUT2D eigenvalue weighted by Gasteiger charge is -2.40. The van der Waals surface area contributed by atoms with E-state index in [9.17, 15) is 4.79 Å². The number of halogens is 3. The lowest BCUT2D eigenvalue weighted by atomic mass is 9.96. The van der Waals surface area contributed by atoms with Crippen LogP contribution < -0.4 is 0 Å². The van der Waals surface area contributed by atoms with Gasteiger partial charge in [-0.25, -0.2) is 0 Å². The zero-order valence-corrected chi connectivity index (χ0v) is 19.4. The third-order valence-corrected chi connectivity index (χ3v) is 6.70. The molecule has 1 aliphatic heterocycles. The number of nitrogens with zero attached hydrogens (tertiary/aromatic N) is 2. The Morgan fingerprint density at radius 2 is 1.43 bits per heavy atom. The monoisotopic (exact) mass is 502 g/mol. The molecule has 1 fully saturated rings. The van der Waals surface area contributed by atoms with E-state index in [0.717, 1.165) is 17.6 Å². The molecule has 1 unspecified atom stereocenters. The van der Waals surface area contributed by atoms with Gasteiger partial charge in [0.05, 0.1) is 16.1 Å². The van der Waals surface area contributed by atoms with Gasteiger partial charge in [-0.2, -0.15) is 0 Å². The van der Waals surface area contributed by atoms with E-state index in [1.54, 1.807) is 18.2 Å². The van der Waals surface area contributed by atoms with Crippen molar-refractivity contribution >= 4 is 45.0 Å². The molecule has 0 aliphatic carbocycles. The molecule has 0 radical (unpaired) electrons. The summed E-state index contributed by atoms with van der Waals surface area (Å²) >= 11 is 15.6. The highest BCUT2D eigenvalue weighted by Crippen LogP contribution is 2.31. The maximum atomic E-state index is 12.9. The molecule has 1 amide bonds. The Labute approximate surface area is 195 Å². The van der Waals surface area contributed by atoms with Crippen molar-refractivity contribution < 1.29 is 4.79 Å². The summed E-state index contributed by atoms with van der Waals surface area (Å²) in [4.78, 5) is 17.2. The Balaban J connectivity index is 1.52. The summed E-state index contributed by atoms with van der Waals surface area (Å²) in [6.45, 7) is 2.92. The smallest absolute Gasteiger partial charge is 0.253 e. The van der Waals surface area contributed by atoms with E-state index in [2.05, 4.69) is 69.4 Å². The molecule has 154 valence electrons. The maximum absolute atomic E-state index is 12.9. The molecule has 0 saturated carbocycles. The van der Waals surface area contributed by atoms with Gasteiger partial charge in [-0.05, 0) is 41.5 Å². The molecule has 3 aromatic carbocycles. The predicted octanol–water partition coefficient (Wildman–Crippen LogP) is 6.30. The largest absolute Gasteiger partial charge is 0.336 e. The molecule has 1 heterocycles. The van der Waals surface area contributed by atoms with Crippen molar-refractivity contribution in [3.63, 3.8) is 0 Å². The second kappa shape index (κ2) is 9.52. The van der Waals surface area contributed by atoms with Crippen LogP contribution in [0.15, 0.2) is 77.3 Å². The van der Waals surface area contributed by atoms with Gasteiger partial charge in [0.1, 0.15) is 0 Å². The van der Waals surface area contributed by atoms with Crippen LogP contribution in [0.2, 0.25) is 10.0 Å². The Morgan fingerprint density at radius 1 is 0.800 bits per heavy atom. The number of benzene rings is 3. The molecule has 0 N–H and O–H groups in total. The van der Waals surface area contributed by atoms with Gasteiger partial charge in [0, 0.05) is 36.2 Å². The van der Waals surface area contributed by atoms with E-state index in [-0.39, 0.29) is 11.9 Å². The van der Waals surface area contributed by atoms with E-state index in [1.165, 1.54) is 11.1 Å². The molecule has 3 aromatic rings. The lowest BCUT2D eigenvalue weighted by Crippen LogP contribution is -2.49. The molecule has 6 heteroatoms. The third kappa shape index (κ3) is 4.73. The molecule has 0 spiro atoms. The third-order valence-electron chi connectivity index (χ3n) is 5.43. The highest BCUT2D eigenvalue weighted by atomic mass is 79.9. The molecule has 1 aliphatic rings. The van der Waals surface area contributed by atoms with E-state index in [1.807, 2.05) is 11.0 Å². The minimum atomic E-state index is -0.00637. The number of rotatable bonds is 4. The molecule has 1 atom stereocenters. The lowest BCUT2D eigenvalue weighted by molar-refractivity contribution is 0.0597. The average molecular weight is 504 g/mol. The Hall–Kier alpha value is -1.85. The zero-order chi connectivity index (χ0) is 21.1. The molecular formula is C24H21BrCl2N2O. The molecule has 3 nitrogen and oxygen atoms in total. The quantitative estimate of drug-likeness (QED) is 0.416. The van der Waals surface area contributed by atoms with Crippen molar-refractivity contribution in [2.75, 3.05) is 26.2 Å². The zero-order valence-electron chi connectivity index (χ0n) is 16.3. The van der Waals surface area contributed by atoms with Crippen molar-refractivity contribution in [2.24, 2.45) is 0 Å². The van der Waals surface area contributed by atoms with Gasteiger partial charge < -0.3 is 4.90 Å². The second-order valence-electron chi connectivity index (χ2n) is 7.32. The van der Waals surface area contributed by atoms with Crippen LogP contribution in [0.25, 0.3) is 0 Å². The fraction of sp³-hybridized carbons (Fsp3) is 0.208. The van der Waals surface area contributed by atoms with Gasteiger partial charge in [-0.3, -0.25) is 9.69 Å². The van der Waals surface area contributed by atoms with Crippen molar-refractivity contribution in [1.29, 1.82) is 0 Å². The van der Waals surface area contributed by atoms with Crippen molar-refractivity contribution in [2.45, 2.75) is 6.04 Å². The van der Waals surface area contributed by atoms with Crippen molar-refractivity contribution in [1.82, 2.24) is 9.80 Å². The predicted molar refractivity (Wildman–Crippen MR) is 126 cm³/mol. The number of hydrogen-bond acceptors (Lipinski definition) is 2. The van der Waals surface area contributed by atoms with Crippen LogP contribution in [0, 0.1) is 0 Å². The summed E-state index contributed by atoms with van der Waals surface area (Å²) < 4.78 is 1.06. The van der Waals surface area contributed by atoms with Crippen LogP contribution in [0.3, 0.4) is 0 Å². The van der Waals surface area contributed by atoms with Gasteiger partial charge >= 0.3 is 0 Å².